The average molecular weight is 519 g/mol. The molecule has 0 atom stereocenters. The molecule has 4 rings (SSSR count). The Balaban J connectivity index is 1.79. The molecule has 0 heterocycles. The van der Waals surface area contributed by atoms with Crippen LogP contribution in [-0.2, 0) is 21.7 Å². The molecule has 0 unspecified atom stereocenters. The Bertz CT molecular complexity index is 1180. The van der Waals surface area contributed by atoms with Gasteiger partial charge in [0.25, 0.3) is 5.91 Å². The number of nitrogens with two attached hydrogens (primary N) is 1. The molecule has 0 bridgehead atoms. The van der Waals surface area contributed by atoms with Crippen LogP contribution in [0.15, 0.2) is 30.3 Å². The summed E-state index contributed by atoms with van der Waals surface area (Å²) in [5, 5.41) is 8.90. The number of hydrogen-bond acceptors (Lipinski definition) is 3. The molecule has 0 saturated heterocycles. The van der Waals surface area contributed by atoms with Crippen molar-refractivity contribution < 1.29 is 9.59 Å². The molecule has 2 aliphatic carbocycles. The largest absolute Gasteiger partial charge is 0.337 e. The summed E-state index contributed by atoms with van der Waals surface area (Å²) in [5.74, 6) is -0.127. The molecule has 38 heavy (non-hydrogen) atoms. The molecule has 0 aromatic heterocycles. The van der Waals surface area contributed by atoms with Crippen molar-refractivity contribution in [3.63, 3.8) is 0 Å². The van der Waals surface area contributed by atoms with Crippen molar-refractivity contribution in [3.05, 3.63) is 58.1 Å². The van der Waals surface area contributed by atoms with E-state index in [0.29, 0.717) is 24.3 Å². The van der Waals surface area contributed by atoms with Crippen LogP contribution in [0.4, 0.5) is 16.2 Å². The fourth-order valence-electron chi connectivity index (χ4n) is 6.30. The van der Waals surface area contributed by atoms with E-state index in [0.717, 1.165) is 31.4 Å². The fraction of sp³-hybridized carbons (Fsp3) is 0.562. The van der Waals surface area contributed by atoms with E-state index in [4.69, 9.17) is 5.73 Å². The van der Waals surface area contributed by atoms with Gasteiger partial charge >= 0.3 is 6.03 Å². The molecule has 2 aromatic rings. The molecule has 0 radical (unpaired) electrons. The van der Waals surface area contributed by atoms with Gasteiger partial charge in [0.05, 0.1) is 0 Å². The first-order chi connectivity index (χ1) is 17.6. The van der Waals surface area contributed by atoms with Gasteiger partial charge in [-0.3, -0.25) is 4.79 Å². The zero-order valence-corrected chi connectivity index (χ0v) is 24.5. The van der Waals surface area contributed by atoms with Gasteiger partial charge in [-0.25, -0.2) is 4.79 Å². The summed E-state index contributed by atoms with van der Waals surface area (Å²) < 4.78 is 0. The average Bonchev–Trinajstić information content (AvgIpc) is 2.83. The predicted octanol–water partition coefficient (Wildman–Crippen LogP) is 6.72. The van der Waals surface area contributed by atoms with E-state index >= 15 is 0 Å². The van der Waals surface area contributed by atoms with Crippen LogP contribution < -0.4 is 21.7 Å². The van der Waals surface area contributed by atoms with Crippen LogP contribution in [0.1, 0.15) is 114 Å². The van der Waals surface area contributed by atoms with Gasteiger partial charge < -0.3 is 21.7 Å². The summed E-state index contributed by atoms with van der Waals surface area (Å²) in [6.45, 7) is 19.4. The molecule has 2 aromatic carbocycles. The highest BCUT2D eigenvalue weighted by Crippen LogP contribution is 2.56. The number of carbonyl (C=O) groups excluding carboxylic acids is 2. The lowest BCUT2D eigenvalue weighted by molar-refractivity contribution is 0.102. The van der Waals surface area contributed by atoms with E-state index in [1.54, 1.807) is 24.3 Å². The van der Waals surface area contributed by atoms with Gasteiger partial charge in [0.2, 0.25) is 0 Å². The fourth-order valence-corrected chi connectivity index (χ4v) is 6.30. The van der Waals surface area contributed by atoms with Gasteiger partial charge in [0.15, 0.2) is 0 Å². The number of benzene rings is 2. The van der Waals surface area contributed by atoms with Gasteiger partial charge in [-0.15, -0.1) is 0 Å². The van der Waals surface area contributed by atoms with Crippen LogP contribution in [0, 0.1) is 0 Å². The van der Waals surface area contributed by atoms with Crippen LogP contribution in [0.2, 0.25) is 0 Å². The third kappa shape index (κ3) is 5.20. The van der Waals surface area contributed by atoms with Crippen molar-refractivity contribution in [1.29, 1.82) is 0 Å². The zero-order valence-electron chi connectivity index (χ0n) is 24.5. The molecular weight excluding hydrogens is 472 g/mol. The Morgan fingerprint density at radius 2 is 1.21 bits per heavy atom. The minimum atomic E-state index is -0.315. The number of carbonyl (C=O) groups is 2. The van der Waals surface area contributed by atoms with Crippen LogP contribution >= 0.6 is 0 Å². The molecule has 6 nitrogen and oxygen atoms in total. The van der Waals surface area contributed by atoms with Crippen molar-refractivity contribution in [2.24, 2.45) is 5.73 Å². The second-order valence-electron chi connectivity index (χ2n) is 13.8. The quantitative estimate of drug-likeness (QED) is 0.354. The second-order valence-corrected chi connectivity index (χ2v) is 13.8. The van der Waals surface area contributed by atoms with Crippen molar-refractivity contribution in [2.45, 2.75) is 103 Å². The first kappa shape index (κ1) is 28.2. The standard InChI is InChI=1S/C32H46N4O2/c1-29(2)13-15-31(5,6)24-22(29)19-23-25(32(7,8)16-14-30(23,3)4)26(24)36-27(37)20-9-11-21(12-10-20)35-28(38)34-18-17-33/h9-12,19H,13-18,33H2,1-8H3,(H,36,37)(H2,34,35,38). The topological polar surface area (TPSA) is 96.2 Å². The van der Waals surface area contributed by atoms with E-state index in [1.165, 1.54) is 22.3 Å². The summed E-state index contributed by atoms with van der Waals surface area (Å²) in [4.78, 5) is 25.8. The number of nitrogens with one attached hydrogen (secondary N) is 3. The van der Waals surface area contributed by atoms with Crippen LogP contribution in [0.3, 0.4) is 0 Å². The molecule has 5 N–H and O–H groups in total. The number of anilines is 2. The molecule has 0 saturated carbocycles. The maximum atomic E-state index is 13.8. The zero-order chi connectivity index (χ0) is 28.1. The molecule has 0 fully saturated rings. The summed E-state index contributed by atoms with van der Waals surface area (Å²) in [7, 11) is 0. The Labute approximate surface area is 228 Å². The van der Waals surface area contributed by atoms with E-state index in [2.05, 4.69) is 77.4 Å². The minimum absolute atomic E-state index is 0.0365. The molecule has 3 amide bonds. The molecule has 206 valence electrons. The molecular formula is C32H46N4O2. The van der Waals surface area contributed by atoms with Crippen molar-refractivity contribution in [1.82, 2.24) is 5.32 Å². The van der Waals surface area contributed by atoms with E-state index < -0.39 is 0 Å². The number of urea groups is 1. The maximum Gasteiger partial charge on any atom is 0.319 e. The highest BCUT2D eigenvalue weighted by Gasteiger charge is 2.46. The number of fused-ring (bicyclic) bond motifs is 2. The minimum Gasteiger partial charge on any atom is -0.337 e. The first-order valence-electron chi connectivity index (χ1n) is 14.0. The lowest BCUT2D eigenvalue weighted by atomic mass is 9.56. The Morgan fingerprint density at radius 1 is 0.737 bits per heavy atom. The van der Waals surface area contributed by atoms with E-state index in [-0.39, 0.29) is 33.6 Å². The normalized spacial score (nSPS) is 20.0. The third-order valence-corrected chi connectivity index (χ3v) is 8.96. The van der Waals surface area contributed by atoms with Crippen LogP contribution in [0.5, 0.6) is 0 Å². The van der Waals surface area contributed by atoms with Gasteiger partial charge in [0.1, 0.15) is 0 Å². The van der Waals surface area contributed by atoms with Crippen LogP contribution in [0.25, 0.3) is 0 Å². The Hall–Kier alpha value is -2.86. The lowest BCUT2D eigenvalue weighted by Gasteiger charge is -2.49. The number of amides is 3. The van der Waals surface area contributed by atoms with Gasteiger partial charge in [-0.1, -0.05) is 61.5 Å². The molecule has 2 aliphatic rings. The molecule has 0 spiro atoms. The lowest BCUT2D eigenvalue weighted by Crippen LogP contribution is -2.41. The summed E-state index contributed by atoms with van der Waals surface area (Å²) >= 11 is 0. The van der Waals surface area contributed by atoms with Gasteiger partial charge in [0, 0.05) is 30.0 Å². The monoisotopic (exact) mass is 518 g/mol. The Morgan fingerprint density at radius 3 is 1.68 bits per heavy atom. The van der Waals surface area contributed by atoms with Crippen molar-refractivity contribution >= 4 is 23.3 Å². The molecule has 6 heteroatoms. The van der Waals surface area contributed by atoms with E-state index in [1.807, 2.05) is 0 Å². The van der Waals surface area contributed by atoms with Crippen molar-refractivity contribution in [3.8, 4) is 0 Å². The Kier molecular flexibility index (Phi) is 7.19. The van der Waals surface area contributed by atoms with Gasteiger partial charge in [-0.2, -0.15) is 0 Å². The van der Waals surface area contributed by atoms with Crippen LogP contribution in [-0.4, -0.2) is 25.0 Å². The summed E-state index contributed by atoms with van der Waals surface area (Å²) in [6, 6.07) is 9.21. The second kappa shape index (κ2) is 9.71. The summed E-state index contributed by atoms with van der Waals surface area (Å²) in [5.41, 5.74) is 12.9. The maximum absolute atomic E-state index is 13.8. The third-order valence-electron chi connectivity index (χ3n) is 8.96. The van der Waals surface area contributed by atoms with Crippen molar-refractivity contribution in [2.75, 3.05) is 23.7 Å². The number of rotatable bonds is 5. The SMILES string of the molecule is CC1(C)CCC(C)(C)c2c1cc1c(c2NC(=O)c2ccc(NC(=O)NCCN)cc2)C(C)(C)CCC1(C)C. The predicted molar refractivity (Wildman–Crippen MR) is 157 cm³/mol. The van der Waals surface area contributed by atoms with E-state index in [9.17, 15) is 9.59 Å². The highest BCUT2D eigenvalue weighted by atomic mass is 16.2. The highest BCUT2D eigenvalue weighted by molar-refractivity contribution is 6.06. The molecule has 0 aliphatic heterocycles. The number of hydrogen-bond donors (Lipinski definition) is 4. The summed E-state index contributed by atoms with van der Waals surface area (Å²) in [6.07, 6.45) is 4.39. The van der Waals surface area contributed by atoms with Gasteiger partial charge in [-0.05, 0) is 93.9 Å². The first-order valence-corrected chi connectivity index (χ1v) is 14.0. The smallest absolute Gasteiger partial charge is 0.319 e.